The van der Waals surface area contributed by atoms with Crippen LogP contribution in [-0.4, -0.2) is 34.3 Å². The number of aromatic nitrogens is 2. The largest absolute Gasteiger partial charge is 0.330 e. The summed E-state index contributed by atoms with van der Waals surface area (Å²) in [7, 11) is 2.00. The van der Waals surface area contributed by atoms with Gasteiger partial charge in [0.25, 0.3) is 0 Å². The molecule has 0 radical (unpaired) electrons. The van der Waals surface area contributed by atoms with E-state index in [1.807, 2.05) is 17.9 Å². The highest BCUT2D eigenvalue weighted by Crippen LogP contribution is 2.18. The van der Waals surface area contributed by atoms with Gasteiger partial charge in [0.2, 0.25) is 0 Å². The van der Waals surface area contributed by atoms with Crippen LogP contribution in [0.2, 0.25) is 0 Å². The molecule has 0 amide bonds. The molecule has 2 rings (SSSR count). The van der Waals surface area contributed by atoms with Gasteiger partial charge < -0.3 is 5.73 Å². The monoisotopic (exact) mass is 258 g/mol. The van der Waals surface area contributed by atoms with E-state index < -0.39 is 0 Å². The molecule has 0 aliphatic carbocycles. The first-order valence-corrected chi connectivity index (χ1v) is 6.10. The van der Waals surface area contributed by atoms with E-state index in [0.717, 1.165) is 19.6 Å². The van der Waals surface area contributed by atoms with Crippen molar-refractivity contribution in [3.05, 3.63) is 17.5 Å². The summed E-state index contributed by atoms with van der Waals surface area (Å²) in [5.74, 6) is 0.686. The van der Waals surface area contributed by atoms with E-state index in [1.54, 1.807) is 0 Å². The van der Waals surface area contributed by atoms with Crippen molar-refractivity contribution in [2.24, 2.45) is 18.7 Å². The van der Waals surface area contributed by atoms with E-state index in [2.05, 4.69) is 16.9 Å². The fraction of sp³-hybridized carbons (Fsp3) is 0.750. The van der Waals surface area contributed by atoms with Crippen LogP contribution in [0, 0.1) is 12.8 Å². The van der Waals surface area contributed by atoms with Crippen LogP contribution >= 0.6 is 12.4 Å². The maximum absolute atomic E-state index is 5.75. The van der Waals surface area contributed by atoms with Gasteiger partial charge in [0.1, 0.15) is 0 Å². The average molecular weight is 259 g/mol. The Bertz CT molecular complexity index is 350. The SMILES string of the molecule is Cc1c(CN2CCCC(CN)C2)cnn1C.Cl. The third-order valence-corrected chi connectivity index (χ3v) is 3.67. The summed E-state index contributed by atoms with van der Waals surface area (Å²) in [5, 5.41) is 4.29. The highest BCUT2D eigenvalue weighted by Gasteiger charge is 2.19. The second-order valence-corrected chi connectivity index (χ2v) is 4.86. The lowest BCUT2D eigenvalue weighted by Crippen LogP contribution is -2.37. The van der Waals surface area contributed by atoms with Crippen molar-refractivity contribution >= 4 is 12.4 Å². The molecule has 0 bridgehead atoms. The van der Waals surface area contributed by atoms with Crippen molar-refractivity contribution in [1.29, 1.82) is 0 Å². The Labute approximate surface area is 110 Å². The first kappa shape index (κ1) is 14.5. The number of rotatable bonds is 3. The van der Waals surface area contributed by atoms with Gasteiger partial charge in [-0.2, -0.15) is 5.10 Å². The number of likely N-dealkylation sites (tertiary alicyclic amines) is 1. The maximum atomic E-state index is 5.75. The van der Waals surface area contributed by atoms with E-state index in [1.165, 1.54) is 30.6 Å². The van der Waals surface area contributed by atoms with E-state index in [-0.39, 0.29) is 12.4 Å². The Kier molecular flexibility index (Phi) is 5.43. The van der Waals surface area contributed by atoms with Gasteiger partial charge >= 0.3 is 0 Å². The first-order chi connectivity index (χ1) is 7.70. The number of hydrogen-bond donors (Lipinski definition) is 1. The van der Waals surface area contributed by atoms with Crippen molar-refractivity contribution in [2.75, 3.05) is 19.6 Å². The second-order valence-electron chi connectivity index (χ2n) is 4.86. The highest BCUT2D eigenvalue weighted by molar-refractivity contribution is 5.85. The zero-order valence-corrected chi connectivity index (χ0v) is 11.5. The van der Waals surface area contributed by atoms with Gasteiger partial charge in [-0.3, -0.25) is 9.58 Å². The van der Waals surface area contributed by atoms with Crippen LogP contribution < -0.4 is 5.73 Å². The van der Waals surface area contributed by atoms with Crippen LogP contribution in [0.5, 0.6) is 0 Å². The Morgan fingerprint density at radius 2 is 2.29 bits per heavy atom. The molecule has 1 aliphatic heterocycles. The number of nitrogens with zero attached hydrogens (tertiary/aromatic N) is 3. The number of aryl methyl sites for hydroxylation is 1. The molecule has 17 heavy (non-hydrogen) atoms. The van der Waals surface area contributed by atoms with Crippen molar-refractivity contribution in [3.63, 3.8) is 0 Å². The van der Waals surface area contributed by atoms with Gasteiger partial charge in [-0.1, -0.05) is 0 Å². The topological polar surface area (TPSA) is 47.1 Å². The van der Waals surface area contributed by atoms with Gasteiger partial charge in [-0.15, -0.1) is 12.4 Å². The van der Waals surface area contributed by atoms with Crippen molar-refractivity contribution in [1.82, 2.24) is 14.7 Å². The van der Waals surface area contributed by atoms with Crippen LogP contribution in [0.15, 0.2) is 6.20 Å². The summed E-state index contributed by atoms with van der Waals surface area (Å²) >= 11 is 0. The molecule has 4 nitrogen and oxygen atoms in total. The molecule has 1 fully saturated rings. The Morgan fingerprint density at radius 1 is 1.53 bits per heavy atom. The number of halogens is 1. The van der Waals surface area contributed by atoms with Crippen molar-refractivity contribution in [2.45, 2.75) is 26.3 Å². The minimum Gasteiger partial charge on any atom is -0.330 e. The molecular formula is C12H23ClN4. The van der Waals surface area contributed by atoms with Gasteiger partial charge in [0.05, 0.1) is 6.20 Å². The summed E-state index contributed by atoms with van der Waals surface area (Å²) < 4.78 is 1.94. The van der Waals surface area contributed by atoms with E-state index in [0.29, 0.717) is 5.92 Å². The Morgan fingerprint density at radius 3 is 2.88 bits per heavy atom. The molecule has 1 aromatic heterocycles. The quantitative estimate of drug-likeness (QED) is 0.890. The Hall–Kier alpha value is -0.580. The van der Waals surface area contributed by atoms with Crippen LogP contribution in [0.1, 0.15) is 24.1 Å². The van der Waals surface area contributed by atoms with Gasteiger partial charge in [-0.05, 0) is 38.8 Å². The van der Waals surface area contributed by atoms with E-state index in [9.17, 15) is 0 Å². The lowest BCUT2D eigenvalue weighted by molar-refractivity contribution is 0.170. The molecule has 0 saturated carbocycles. The van der Waals surface area contributed by atoms with Gasteiger partial charge in [0.15, 0.2) is 0 Å². The Balaban J connectivity index is 0.00000144. The summed E-state index contributed by atoms with van der Waals surface area (Å²) in [5.41, 5.74) is 8.37. The highest BCUT2D eigenvalue weighted by atomic mass is 35.5. The molecule has 1 unspecified atom stereocenters. The lowest BCUT2D eigenvalue weighted by atomic mass is 9.98. The normalized spacial score (nSPS) is 21.2. The predicted molar refractivity (Wildman–Crippen MR) is 72.2 cm³/mol. The minimum atomic E-state index is 0. The molecule has 1 aromatic rings. The average Bonchev–Trinajstić information content (AvgIpc) is 2.61. The minimum absolute atomic E-state index is 0. The summed E-state index contributed by atoms with van der Waals surface area (Å²) in [6.07, 6.45) is 4.56. The molecule has 5 heteroatoms. The molecule has 1 atom stereocenters. The van der Waals surface area contributed by atoms with Gasteiger partial charge in [0, 0.05) is 31.4 Å². The van der Waals surface area contributed by atoms with Crippen LogP contribution in [-0.2, 0) is 13.6 Å². The number of piperidine rings is 1. The van der Waals surface area contributed by atoms with Crippen molar-refractivity contribution in [3.8, 4) is 0 Å². The third-order valence-electron chi connectivity index (χ3n) is 3.67. The van der Waals surface area contributed by atoms with Crippen LogP contribution in [0.4, 0.5) is 0 Å². The molecule has 1 saturated heterocycles. The maximum Gasteiger partial charge on any atom is 0.0537 e. The van der Waals surface area contributed by atoms with Crippen LogP contribution in [0.3, 0.4) is 0 Å². The fourth-order valence-electron chi connectivity index (χ4n) is 2.43. The molecule has 0 aromatic carbocycles. The fourth-order valence-corrected chi connectivity index (χ4v) is 2.43. The zero-order valence-electron chi connectivity index (χ0n) is 10.7. The van der Waals surface area contributed by atoms with E-state index >= 15 is 0 Å². The third kappa shape index (κ3) is 3.44. The number of hydrogen-bond acceptors (Lipinski definition) is 3. The van der Waals surface area contributed by atoms with Crippen LogP contribution in [0.25, 0.3) is 0 Å². The lowest BCUT2D eigenvalue weighted by Gasteiger charge is -2.31. The van der Waals surface area contributed by atoms with E-state index in [4.69, 9.17) is 5.73 Å². The molecule has 2 N–H and O–H groups in total. The molecule has 0 spiro atoms. The standard InChI is InChI=1S/C12H22N4.ClH/c1-10-12(7-14-15(10)2)9-16-5-3-4-11(6-13)8-16;/h7,11H,3-6,8-9,13H2,1-2H3;1H. The first-order valence-electron chi connectivity index (χ1n) is 6.10. The zero-order chi connectivity index (χ0) is 11.5. The summed E-state index contributed by atoms with van der Waals surface area (Å²) in [4.78, 5) is 2.50. The molecule has 98 valence electrons. The predicted octanol–water partition coefficient (Wildman–Crippen LogP) is 1.32. The summed E-state index contributed by atoms with van der Waals surface area (Å²) in [6.45, 7) is 6.32. The molecule has 2 heterocycles. The number of nitrogens with two attached hydrogens (primary N) is 1. The molecule has 1 aliphatic rings. The summed E-state index contributed by atoms with van der Waals surface area (Å²) in [6, 6.07) is 0. The van der Waals surface area contributed by atoms with Crippen molar-refractivity contribution < 1.29 is 0 Å². The molecular weight excluding hydrogens is 236 g/mol. The van der Waals surface area contributed by atoms with Gasteiger partial charge in [-0.25, -0.2) is 0 Å². The smallest absolute Gasteiger partial charge is 0.0537 e. The second kappa shape index (κ2) is 6.38.